The highest BCUT2D eigenvalue weighted by Gasteiger charge is 2.15. The Kier molecular flexibility index (Phi) is 3.34. The Bertz CT molecular complexity index is 391. The Hall–Kier alpha value is -1.96. The number of hydrogen-bond donors (Lipinski definition) is 3. The van der Waals surface area contributed by atoms with E-state index in [0.717, 1.165) is 0 Å². The van der Waals surface area contributed by atoms with Gasteiger partial charge in [0.05, 0.1) is 11.1 Å². The molecule has 1 aromatic carbocycles. The molecule has 2 amide bonds. The highest BCUT2D eigenvalue weighted by Crippen LogP contribution is 2.09. The predicted molar refractivity (Wildman–Crippen MR) is 51.8 cm³/mol. The summed E-state index contributed by atoms with van der Waals surface area (Å²) in [6.45, 7) is 0. The number of benzene rings is 1. The van der Waals surface area contributed by atoms with Crippen LogP contribution in [-0.4, -0.2) is 17.0 Å². The second kappa shape index (κ2) is 4.51. The van der Waals surface area contributed by atoms with Crippen LogP contribution in [0.15, 0.2) is 24.3 Å². The van der Waals surface area contributed by atoms with Crippen LogP contribution in [0.5, 0.6) is 0 Å². The summed E-state index contributed by atoms with van der Waals surface area (Å²) >= 11 is 0. The van der Waals surface area contributed by atoms with Gasteiger partial charge in [-0.25, -0.2) is 5.84 Å². The zero-order valence-corrected chi connectivity index (χ0v) is 7.64. The molecule has 5 N–H and O–H groups in total. The maximum atomic E-state index is 11.3. The summed E-state index contributed by atoms with van der Waals surface area (Å²) in [7, 11) is 0. The highest BCUT2D eigenvalue weighted by molar-refractivity contribution is 6.06. The standard InChI is InChI=1S/C8H9N4O3/c9-11-7(13)5-3-1-2-4-6(5)8(14)12(10)15/h1-4H,9-10H2,(H,11,13)/q-1. The first-order valence-electron chi connectivity index (χ1n) is 3.94. The smallest absolute Gasteiger partial charge is 0.265 e. The molecule has 7 nitrogen and oxygen atoms in total. The predicted octanol–water partition coefficient (Wildman–Crippen LogP) is -0.896. The third-order valence-electron chi connectivity index (χ3n) is 1.73. The fraction of sp³-hybridized carbons (Fsp3) is 0. The number of nitrogens with two attached hydrogens (primary N) is 2. The minimum absolute atomic E-state index is 0.00343. The van der Waals surface area contributed by atoms with E-state index in [0.29, 0.717) is 0 Å². The van der Waals surface area contributed by atoms with Crippen molar-refractivity contribution in [3.8, 4) is 0 Å². The van der Waals surface area contributed by atoms with Crippen LogP contribution in [0, 0.1) is 5.21 Å². The van der Waals surface area contributed by atoms with Gasteiger partial charge in [-0.2, -0.15) is 0 Å². The largest absolute Gasteiger partial charge is 0.741 e. The van der Waals surface area contributed by atoms with E-state index in [9.17, 15) is 14.8 Å². The first kappa shape index (κ1) is 11.1. The molecule has 0 aliphatic carbocycles. The minimum atomic E-state index is -1.01. The van der Waals surface area contributed by atoms with Crippen LogP contribution >= 0.6 is 0 Å². The number of nitrogens with one attached hydrogen (secondary N) is 1. The SMILES string of the molecule is NNC(=O)c1ccccc1C(=O)N(N)[O-]. The maximum absolute atomic E-state index is 11.3. The summed E-state index contributed by atoms with van der Waals surface area (Å²) in [5.41, 5.74) is 1.76. The summed E-state index contributed by atoms with van der Waals surface area (Å²) in [5, 5.41) is 10.2. The van der Waals surface area contributed by atoms with Gasteiger partial charge in [0.25, 0.3) is 11.8 Å². The van der Waals surface area contributed by atoms with Crippen molar-refractivity contribution in [3.63, 3.8) is 0 Å². The number of nitrogen functional groups attached to an aromatic ring is 1. The second-order valence-corrected chi connectivity index (χ2v) is 2.65. The molecule has 0 aliphatic rings. The van der Waals surface area contributed by atoms with Gasteiger partial charge in [-0.15, -0.1) is 0 Å². The average Bonchev–Trinajstić information content (AvgIpc) is 2.27. The van der Waals surface area contributed by atoms with Crippen LogP contribution in [0.1, 0.15) is 20.7 Å². The summed E-state index contributed by atoms with van der Waals surface area (Å²) in [5.74, 6) is 7.99. The number of hydrazine groups is 2. The summed E-state index contributed by atoms with van der Waals surface area (Å²) in [6.07, 6.45) is 0. The Labute approximate surface area is 85.2 Å². The molecule has 7 heteroatoms. The fourth-order valence-corrected chi connectivity index (χ4v) is 1.06. The van der Waals surface area contributed by atoms with E-state index < -0.39 is 11.8 Å². The first-order chi connectivity index (χ1) is 7.07. The molecule has 0 radical (unpaired) electrons. The number of nitrogens with zero attached hydrogens (tertiary/aromatic N) is 1. The second-order valence-electron chi connectivity index (χ2n) is 2.65. The van der Waals surface area contributed by atoms with E-state index in [1.807, 2.05) is 5.43 Å². The van der Waals surface area contributed by atoms with Crippen molar-refractivity contribution in [2.45, 2.75) is 0 Å². The number of carbonyl (C=O) groups excluding carboxylic acids is 2. The van der Waals surface area contributed by atoms with Crippen molar-refractivity contribution in [2.75, 3.05) is 0 Å². The van der Waals surface area contributed by atoms with Crippen LogP contribution in [0.25, 0.3) is 0 Å². The molecule has 1 rings (SSSR count). The number of carbonyl (C=O) groups is 2. The van der Waals surface area contributed by atoms with Crippen molar-refractivity contribution < 1.29 is 9.59 Å². The topological polar surface area (TPSA) is 125 Å². The van der Waals surface area contributed by atoms with Crippen LogP contribution < -0.4 is 17.1 Å². The molecular weight excluding hydrogens is 200 g/mol. The number of amides is 2. The van der Waals surface area contributed by atoms with Crippen molar-refractivity contribution >= 4 is 11.8 Å². The number of rotatable bonds is 2. The van der Waals surface area contributed by atoms with E-state index in [1.165, 1.54) is 24.3 Å². The van der Waals surface area contributed by atoms with Gasteiger partial charge in [0.1, 0.15) is 0 Å². The zero-order chi connectivity index (χ0) is 11.4. The molecule has 0 aliphatic heterocycles. The van der Waals surface area contributed by atoms with Crippen LogP contribution in [0.2, 0.25) is 0 Å². The van der Waals surface area contributed by atoms with Gasteiger partial charge < -0.3 is 10.4 Å². The molecule has 0 atom stereocenters. The lowest BCUT2D eigenvalue weighted by Crippen LogP contribution is -2.35. The monoisotopic (exact) mass is 209 g/mol. The number of hydrogen-bond acceptors (Lipinski definition) is 5. The normalized spacial score (nSPS) is 9.53. The molecule has 0 aromatic heterocycles. The van der Waals surface area contributed by atoms with Gasteiger partial charge in [-0.3, -0.25) is 20.9 Å². The summed E-state index contributed by atoms with van der Waals surface area (Å²) in [4.78, 5) is 22.5. The molecular formula is C8H9N4O3-. The average molecular weight is 209 g/mol. The molecule has 0 saturated carbocycles. The van der Waals surface area contributed by atoms with E-state index in [-0.39, 0.29) is 16.3 Å². The molecule has 0 saturated heterocycles. The molecule has 0 fully saturated rings. The summed E-state index contributed by atoms with van der Waals surface area (Å²) < 4.78 is 0. The van der Waals surface area contributed by atoms with Gasteiger partial charge in [-0.05, 0) is 12.1 Å². The molecule has 1 aromatic rings. The fourth-order valence-electron chi connectivity index (χ4n) is 1.06. The van der Waals surface area contributed by atoms with Crippen LogP contribution in [0.4, 0.5) is 0 Å². The van der Waals surface area contributed by atoms with Gasteiger partial charge in [0, 0.05) is 0 Å². The van der Waals surface area contributed by atoms with E-state index >= 15 is 0 Å². The van der Waals surface area contributed by atoms with E-state index in [2.05, 4.69) is 0 Å². The van der Waals surface area contributed by atoms with Crippen molar-refractivity contribution in [3.05, 3.63) is 40.6 Å². The van der Waals surface area contributed by atoms with Crippen LogP contribution in [0.3, 0.4) is 0 Å². The molecule has 0 spiro atoms. The lowest BCUT2D eigenvalue weighted by molar-refractivity contribution is 0.0813. The van der Waals surface area contributed by atoms with Gasteiger partial charge in [0.15, 0.2) is 0 Å². The highest BCUT2D eigenvalue weighted by atomic mass is 16.5. The Balaban J connectivity index is 3.18. The van der Waals surface area contributed by atoms with Gasteiger partial charge in [0.2, 0.25) is 0 Å². The lowest BCUT2D eigenvalue weighted by atomic mass is 10.1. The third-order valence-corrected chi connectivity index (χ3v) is 1.73. The summed E-state index contributed by atoms with van der Waals surface area (Å²) in [6, 6.07) is 5.71. The maximum Gasteiger partial charge on any atom is 0.265 e. The van der Waals surface area contributed by atoms with Gasteiger partial charge in [-0.1, -0.05) is 12.1 Å². The molecule has 0 unspecified atom stereocenters. The Morgan fingerprint density at radius 1 is 1.27 bits per heavy atom. The molecule has 0 heterocycles. The zero-order valence-electron chi connectivity index (χ0n) is 7.64. The number of hydroxylamine groups is 1. The Morgan fingerprint density at radius 3 is 2.27 bits per heavy atom. The third kappa shape index (κ3) is 2.29. The van der Waals surface area contributed by atoms with Crippen molar-refractivity contribution in [1.29, 1.82) is 0 Å². The van der Waals surface area contributed by atoms with Crippen LogP contribution in [-0.2, 0) is 0 Å². The first-order valence-corrected chi connectivity index (χ1v) is 3.94. The molecule has 80 valence electrons. The molecule has 0 bridgehead atoms. The minimum Gasteiger partial charge on any atom is -0.741 e. The lowest BCUT2D eigenvalue weighted by Gasteiger charge is -2.22. The van der Waals surface area contributed by atoms with Crippen molar-refractivity contribution in [2.24, 2.45) is 11.7 Å². The molecule has 15 heavy (non-hydrogen) atoms. The van der Waals surface area contributed by atoms with Gasteiger partial charge >= 0.3 is 0 Å². The quantitative estimate of drug-likeness (QED) is 0.331. The van der Waals surface area contributed by atoms with Crippen molar-refractivity contribution in [1.82, 2.24) is 10.6 Å². The Morgan fingerprint density at radius 2 is 1.80 bits per heavy atom. The van der Waals surface area contributed by atoms with E-state index in [4.69, 9.17) is 11.7 Å². The van der Waals surface area contributed by atoms with E-state index in [1.54, 1.807) is 0 Å².